The molecule has 148 valence electrons. The molecule has 0 saturated heterocycles. The minimum Gasteiger partial charge on any atom is -0.351 e. The van der Waals surface area contributed by atoms with Crippen molar-refractivity contribution < 1.29 is 13.6 Å². The van der Waals surface area contributed by atoms with E-state index in [1.807, 2.05) is 19.9 Å². The molecule has 1 aromatic rings. The van der Waals surface area contributed by atoms with Crippen LogP contribution in [0.15, 0.2) is 23.2 Å². The number of nitrogens with zero attached hydrogens (tertiary/aromatic N) is 1. The maximum atomic E-state index is 13.7. The van der Waals surface area contributed by atoms with E-state index in [2.05, 4.69) is 24.2 Å². The van der Waals surface area contributed by atoms with Crippen LogP contribution >= 0.6 is 11.6 Å². The van der Waals surface area contributed by atoms with Crippen molar-refractivity contribution in [2.45, 2.75) is 52.9 Å². The molecule has 1 aromatic carbocycles. The molecule has 1 N–H and O–H groups in total. The molecule has 0 bridgehead atoms. The van der Waals surface area contributed by atoms with Gasteiger partial charge in [0.05, 0.1) is 17.3 Å². The second kappa shape index (κ2) is 8.96. The van der Waals surface area contributed by atoms with Crippen LogP contribution in [-0.4, -0.2) is 24.6 Å². The molecular formula is C21H27ClF2N2O. The maximum Gasteiger partial charge on any atom is 0.256 e. The standard InChI is InChI=1S/C21H27ClF2N2O/c1-5-14(4)8-19(25-6-7-26-20(27)13(2)3)17-9-15-11-21(23,24)12-16(15)10-18(17)22/h6,8-10,13-14H,5,7,11-12H2,1-4H3,(H,26,27). The van der Waals surface area contributed by atoms with Crippen molar-refractivity contribution in [1.29, 1.82) is 0 Å². The van der Waals surface area contributed by atoms with Gasteiger partial charge >= 0.3 is 0 Å². The van der Waals surface area contributed by atoms with Gasteiger partial charge in [0.15, 0.2) is 0 Å². The van der Waals surface area contributed by atoms with Crippen molar-refractivity contribution in [3.05, 3.63) is 39.9 Å². The Hall–Kier alpha value is -1.75. The number of carbonyl (C=O) groups is 1. The number of fused-ring (bicyclic) bond motifs is 1. The summed E-state index contributed by atoms with van der Waals surface area (Å²) in [4.78, 5) is 16.1. The average Bonchev–Trinajstić information content (AvgIpc) is 2.89. The fraction of sp³-hybridized carbons (Fsp3) is 0.524. The molecule has 2 rings (SSSR count). The summed E-state index contributed by atoms with van der Waals surface area (Å²) in [6, 6.07) is 3.37. The molecule has 1 aliphatic rings. The molecule has 1 unspecified atom stereocenters. The Labute approximate surface area is 164 Å². The highest BCUT2D eigenvalue weighted by molar-refractivity contribution is 6.32. The van der Waals surface area contributed by atoms with Gasteiger partial charge in [0.1, 0.15) is 0 Å². The van der Waals surface area contributed by atoms with Crippen LogP contribution in [0.2, 0.25) is 5.02 Å². The minimum atomic E-state index is -2.71. The summed E-state index contributed by atoms with van der Waals surface area (Å²) in [7, 11) is 0. The van der Waals surface area contributed by atoms with Crippen molar-refractivity contribution in [1.82, 2.24) is 5.32 Å². The summed E-state index contributed by atoms with van der Waals surface area (Å²) in [5, 5.41) is 3.20. The fourth-order valence-electron chi connectivity index (χ4n) is 2.89. The van der Waals surface area contributed by atoms with Gasteiger partial charge < -0.3 is 5.32 Å². The number of nitrogens with one attached hydrogen (secondary N) is 1. The van der Waals surface area contributed by atoms with Crippen LogP contribution in [0.1, 0.15) is 50.8 Å². The largest absolute Gasteiger partial charge is 0.351 e. The van der Waals surface area contributed by atoms with E-state index >= 15 is 0 Å². The van der Waals surface area contributed by atoms with Gasteiger partial charge in [-0.05, 0) is 29.2 Å². The molecule has 1 amide bonds. The van der Waals surface area contributed by atoms with E-state index in [4.69, 9.17) is 11.6 Å². The van der Waals surface area contributed by atoms with Crippen LogP contribution in [0.5, 0.6) is 0 Å². The first-order valence-electron chi connectivity index (χ1n) is 9.34. The summed E-state index contributed by atoms with van der Waals surface area (Å²) in [6.45, 7) is 8.07. The van der Waals surface area contributed by atoms with E-state index in [-0.39, 0.29) is 30.6 Å². The zero-order valence-electron chi connectivity index (χ0n) is 16.3. The smallest absolute Gasteiger partial charge is 0.256 e. The van der Waals surface area contributed by atoms with Crippen molar-refractivity contribution >= 4 is 29.4 Å². The lowest BCUT2D eigenvalue weighted by Gasteiger charge is -2.11. The summed E-state index contributed by atoms with van der Waals surface area (Å²) in [5.74, 6) is -2.60. The van der Waals surface area contributed by atoms with Gasteiger partial charge in [-0.15, -0.1) is 0 Å². The molecule has 0 saturated carbocycles. The van der Waals surface area contributed by atoms with Crippen LogP contribution in [0, 0.1) is 11.8 Å². The van der Waals surface area contributed by atoms with Gasteiger partial charge in [-0.25, -0.2) is 8.78 Å². The summed E-state index contributed by atoms with van der Waals surface area (Å²) in [6.07, 6.45) is 3.99. The minimum absolute atomic E-state index is 0.0494. The van der Waals surface area contributed by atoms with Crippen LogP contribution in [-0.2, 0) is 17.6 Å². The molecule has 0 fully saturated rings. The number of rotatable bonds is 7. The molecule has 0 aromatic heterocycles. The molecule has 27 heavy (non-hydrogen) atoms. The predicted octanol–water partition coefficient (Wildman–Crippen LogP) is 5.30. The number of benzene rings is 1. The zero-order valence-corrected chi connectivity index (χ0v) is 17.0. The molecule has 0 heterocycles. The van der Waals surface area contributed by atoms with E-state index in [0.29, 0.717) is 34.0 Å². The Bertz CT molecular complexity index is 757. The van der Waals surface area contributed by atoms with Crippen molar-refractivity contribution in [3.63, 3.8) is 0 Å². The lowest BCUT2D eigenvalue weighted by molar-refractivity contribution is -0.123. The molecule has 1 atom stereocenters. The molecule has 0 aliphatic heterocycles. The number of halogens is 3. The highest BCUT2D eigenvalue weighted by Gasteiger charge is 2.37. The number of carbonyl (C=O) groups excluding carboxylic acids is 1. The van der Waals surface area contributed by atoms with Gasteiger partial charge in [-0.2, -0.15) is 0 Å². The quantitative estimate of drug-likeness (QED) is 0.624. The number of hydrogen-bond donors (Lipinski definition) is 1. The highest BCUT2D eigenvalue weighted by atomic mass is 35.5. The average molecular weight is 397 g/mol. The van der Waals surface area contributed by atoms with E-state index in [9.17, 15) is 13.6 Å². The maximum absolute atomic E-state index is 13.7. The first-order valence-corrected chi connectivity index (χ1v) is 9.72. The predicted molar refractivity (Wildman–Crippen MR) is 108 cm³/mol. The van der Waals surface area contributed by atoms with Gasteiger partial charge in [-0.1, -0.05) is 51.8 Å². The SMILES string of the molecule is CCC(C)C=C(N=CCNC(=O)C(C)C)c1cc2c(cc1Cl)CC(F)(F)C2. The third kappa shape index (κ3) is 5.86. The van der Waals surface area contributed by atoms with E-state index in [1.165, 1.54) is 0 Å². The molecule has 0 spiro atoms. The Morgan fingerprint density at radius 3 is 2.52 bits per heavy atom. The summed E-state index contributed by atoms with van der Waals surface area (Å²) in [5.41, 5.74) is 2.52. The van der Waals surface area contributed by atoms with Gasteiger partial charge in [0.2, 0.25) is 5.91 Å². The third-order valence-corrected chi connectivity index (χ3v) is 4.98. The van der Waals surface area contributed by atoms with Gasteiger partial charge in [-0.3, -0.25) is 9.79 Å². The van der Waals surface area contributed by atoms with E-state index in [0.717, 1.165) is 6.42 Å². The Morgan fingerprint density at radius 1 is 1.30 bits per heavy atom. The number of amides is 1. The van der Waals surface area contributed by atoms with Gasteiger partial charge in [0, 0.05) is 30.5 Å². The fourth-order valence-corrected chi connectivity index (χ4v) is 3.17. The topological polar surface area (TPSA) is 41.5 Å². The third-order valence-electron chi connectivity index (χ3n) is 4.67. The summed E-state index contributed by atoms with van der Waals surface area (Å²) < 4.78 is 27.5. The molecule has 6 heteroatoms. The lowest BCUT2D eigenvalue weighted by Crippen LogP contribution is -2.29. The normalized spacial score (nSPS) is 17.4. The van der Waals surface area contributed by atoms with E-state index < -0.39 is 5.92 Å². The Kier molecular flexibility index (Phi) is 7.15. The number of alkyl halides is 2. The van der Waals surface area contributed by atoms with Gasteiger partial charge in [0.25, 0.3) is 5.92 Å². The van der Waals surface area contributed by atoms with Crippen LogP contribution in [0.3, 0.4) is 0 Å². The first kappa shape index (κ1) is 21.5. The monoisotopic (exact) mass is 396 g/mol. The molecule has 3 nitrogen and oxygen atoms in total. The second-order valence-corrected chi connectivity index (χ2v) is 7.87. The zero-order chi connectivity index (χ0) is 20.2. The Morgan fingerprint density at radius 2 is 1.93 bits per heavy atom. The number of aliphatic imine (C=N–C) groups is 1. The second-order valence-electron chi connectivity index (χ2n) is 7.46. The highest BCUT2D eigenvalue weighted by Crippen LogP contribution is 2.39. The molecule has 1 aliphatic carbocycles. The van der Waals surface area contributed by atoms with Crippen molar-refractivity contribution in [2.24, 2.45) is 16.8 Å². The number of hydrogen-bond acceptors (Lipinski definition) is 2. The number of allylic oxidation sites excluding steroid dienone is 1. The molecular weight excluding hydrogens is 370 g/mol. The van der Waals surface area contributed by atoms with Crippen LogP contribution < -0.4 is 5.32 Å². The lowest BCUT2D eigenvalue weighted by atomic mass is 10.0. The Balaban J connectivity index is 2.28. The van der Waals surface area contributed by atoms with E-state index in [1.54, 1.807) is 18.3 Å². The van der Waals surface area contributed by atoms with Crippen LogP contribution in [0.4, 0.5) is 8.78 Å². The molecule has 0 radical (unpaired) electrons. The van der Waals surface area contributed by atoms with Crippen LogP contribution in [0.25, 0.3) is 5.70 Å². The first-order chi connectivity index (χ1) is 12.6. The van der Waals surface area contributed by atoms with Crippen molar-refractivity contribution in [3.8, 4) is 0 Å². The van der Waals surface area contributed by atoms with Crippen molar-refractivity contribution in [2.75, 3.05) is 6.54 Å². The summed E-state index contributed by atoms with van der Waals surface area (Å²) >= 11 is 6.40.